The van der Waals surface area contributed by atoms with Crippen LogP contribution in [0.25, 0.3) is 6.08 Å². The highest BCUT2D eigenvalue weighted by atomic mass is 16.6. The van der Waals surface area contributed by atoms with Crippen LogP contribution in [0.4, 0.5) is 16.2 Å². The van der Waals surface area contributed by atoms with Crippen molar-refractivity contribution in [1.82, 2.24) is 0 Å². The van der Waals surface area contributed by atoms with Crippen molar-refractivity contribution in [2.24, 2.45) is 0 Å². The van der Waals surface area contributed by atoms with Crippen LogP contribution in [0.5, 0.6) is 5.75 Å². The number of aliphatic carboxylic acids is 1. The van der Waals surface area contributed by atoms with Crippen molar-refractivity contribution in [3.8, 4) is 5.75 Å². The lowest BCUT2D eigenvalue weighted by atomic mass is 10.2. The standard InChI is InChI=1S/C26H25NO5/c1-2-24(25(28)29)32-23-17-9-11-20(19-23)12-10-18-31-26(30)27(21-13-5-3-6-14-21)22-15-7-4-8-16-22/h3-17,19,24H,2,18H2,1H3,(H,28,29). The van der Waals surface area contributed by atoms with Gasteiger partial charge in [0.15, 0.2) is 6.10 Å². The zero-order chi connectivity index (χ0) is 22.8. The van der Waals surface area contributed by atoms with E-state index in [0.717, 1.165) is 5.56 Å². The molecule has 0 radical (unpaired) electrons. The topological polar surface area (TPSA) is 76.1 Å². The summed E-state index contributed by atoms with van der Waals surface area (Å²) >= 11 is 0. The van der Waals surface area contributed by atoms with Gasteiger partial charge in [0.25, 0.3) is 0 Å². The molecule has 3 aromatic rings. The van der Waals surface area contributed by atoms with Crippen molar-refractivity contribution in [3.63, 3.8) is 0 Å². The first-order valence-electron chi connectivity index (χ1n) is 10.3. The Hall–Kier alpha value is -4.06. The minimum absolute atomic E-state index is 0.0762. The van der Waals surface area contributed by atoms with Gasteiger partial charge in [-0.3, -0.25) is 0 Å². The van der Waals surface area contributed by atoms with Crippen molar-refractivity contribution in [1.29, 1.82) is 0 Å². The summed E-state index contributed by atoms with van der Waals surface area (Å²) in [6, 6.07) is 25.7. The molecule has 6 heteroatoms. The van der Waals surface area contributed by atoms with Gasteiger partial charge in [0.05, 0.1) is 11.4 Å². The second kappa shape index (κ2) is 11.4. The molecule has 1 unspecified atom stereocenters. The number of carbonyl (C=O) groups excluding carboxylic acids is 1. The van der Waals surface area contributed by atoms with Gasteiger partial charge >= 0.3 is 12.1 Å². The Kier molecular flexibility index (Phi) is 8.03. The number of hydrogen-bond acceptors (Lipinski definition) is 4. The predicted molar refractivity (Wildman–Crippen MR) is 124 cm³/mol. The highest BCUT2D eigenvalue weighted by Crippen LogP contribution is 2.25. The molecule has 0 aliphatic carbocycles. The Morgan fingerprint density at radius 2 is 1.56 bits per heavy atom. The smallest absolute Gasteiger partial charge is 0.419 e. The Labute approximate surface area is 187 Å². The highest BCUT2D eigenvalue weighted by Gasteiger charge is 2.19. The fourth-order valence-electron chi connectivity index (χ4n) is 3.05. The number of anilines is 2. The number of para-hydroxylation sites is 2. The molecule has 1 amide bonds. The molecular weight excluding hydrogens is 406 g/mol. The summed E-state index contributed by atoms with van der Waals surface area (Å²) in [5, 5.41) is 9.15. The normalized spacial score (nSPS) is 11.7. The second-order valence-electron chi connectivity index (χ2n) is 6.91. The third-order valence-corrected chi connectivity index (χ3v) is 4.61. The lowest BCUT2D eigenvalue weighted by molar-refractivity contribution is -0.145. The van der Waals surface area contributed by atoms with E-state index in [1.165, 1.54) is 4.90 Å². The molecule has 1 atom stereocenters. The third-order valence-electron chi connectivity index (χ3n) is 4.61. The van der Waals surface area contributed by atoms with Crippen molar-refractivity contribution in [2.75, 3.05) is 11.5 Å². The average molecular weight is 431 g/mol. The molecule has 0 spiro atoms. The predicted octanol–water partition coefficient (Wildman–Crippen LogP) is 5.92. The molecule has 0 saturated heterocycles. The van der Waals surface area contributed by atoms with Gasteiger partial charge in [-0.1, -0.05) is 61.5 Å². The van der Waals surface area contributed by atoms with Crippen molar-refractivity contribution < 1.29 is 24.2 Å². The molecule has 0 bridgehead atoms. The van der Waals surface area contributed by atoms with Crippen LogP contribution in [0.1, 0.15) is 18.9 Å². The monoisotopic (exact) mass is 431 g/mol. The maximum atomic E-state index is 12.8. The van der Waals surface area contributed by atoms with Crippen molar-refractivity contribution >= 4 is 29.5 Å². The summed E-state index contributed by atoms with van der Waals surface area (Å²) in [4.78, 5) is 25.5. The highest BCUT2D eigenvalue weighted by molar-refractivity contribution is 5.95. The minimum atomic E-state index is -0.998. The number of carboxylic acids is 1. The SMILES string of the molecule is CCC(Oc1cccc(C=CCOC(=O)N(c2ccccc2)c2ccccc2)c1)C(=O)O. The van der Waals surface area contributed by atoms with Crippen LogP contribution >= 0.6 is 0 Å². The molecule has 1 N–H and O–H groups in total. The zero-order valence-corrected chi connectivity index (χ0v) is 17.8. The zero-order valence-electron chi connectivity index (χ0n) is 17.8. The fraction of sp³-hybridized carbons (Fsp3) is 0.154. The summed E-state index contributed by atoms with van der Waals surface area (Å²) < 4.78 is 11.0. The van der Waals surface area contributed by atoms with Gasteiger partial charge in [-0.15, -0.1) is 0 Å². The number of carbonyl (C=O) groups is 2. The maximum absolute atomic E-state index is 12.8. The number of nitrogens with zero attached hydrogens (tertiary/aromatic N) is 1. The number of ether oxygens (including phenoxy) is 2. The van der Waals surface area contributed by atoms with Crippen LogP contribution in [-0.4, -0.2) is 29.9 Å². The summed E-state index contributed by atoms with van der Waals surface area (Å²) in [6.45, 7) is 1.83. The van der Waals surface area contributed by atoms with E-state index in [9.17, 15) is 9.59 Å². The number of benzene rings is 3. The number of amides is 1. The van der Waals surface area contributed by atoms with E-state index in [1.54, 1.807) is 37.3 Å². The van der Waals surface area contributed by atoms with Crippen LogP contribution in [0, 0.1) is 0 Å². The Morgan fingerprint density at radius 3 is 2.12 bits per heavy atom. The lowest BCUT2D eigenvalue weighted by Crippen LogP contribution is -2.26. The van der Waals surface area contributed by atoms with Crippen molar-refractivity contribution in [2.45, 2.75) is 19.4 Å². The van der Waals surface area contributed by atoms with Gasteiger partial charge < -0.3 is 14.6 Å². The Bertz CT molecular complexity index is 1010. The van der Waals surface area contributed by atoms with Gasteiger partial charge in [0.2, 0.25) is 0 Å². The molecule has 0 aromatic heterocycles. The Balaban J connectivity index is 1.64. The van der Waals surface area contributed by atoms with Crippen molar-refractivity contribution in [3.05, 3.63) is 96.6 Å². The van der Waals surface area contributed by atoms with E-state index in [1.807, 2.05) is 66.7 Å². The fourth-order valence-corrected chi connectivity index (χ4v) is 3.05. The molecule has 0 aliphatic heterocycles. The van der Waals surface area contributed by atoms with Crippen LogP contribution in [0.15, 0.2) is 91.0 Å². The number of hydrogen-bond donors (Lipinski definition) is 1. The van der Waals surface area contributed by atoms with E-state index in [4.69, 9.17) is 14.6 Å². The van der Waals surface area contributed by atoms with E-state index in [-0.39, 0.29) is 6.61 Å². The van der Waals surface area contributed by atoms with E-state index in [2.05, 4.69) is 0 Å². The Morgan fingerprint density at radius 1 is 0.938 bits per heavy atom. The molecule has 3 rings (SSSR count). The van der Waals surface area contributed by atoms with Gasteiger partial charge in [-0.05, 0) is 54.5 Å². The van der Waals surface area contributed by atoms with Gasteiger partial charge in [0.1, 0.15) is 12.4 Å². The quantitative estimate of drug-likeness (QED) is 0.455. The molecule has 0 heterocycles. The summed E-state index contributed by atoms with van der Waals surface area (Å²) in [5.74, 6) is -0.528. The minimum Gasteiger partial charge on any atom is -0.479 e. The molecule has 164 valence electrons. The molecule has 6 nitrogen and oxygen atoms in total. The van der Waals surface area contributed by atoms with E-state index >= 15 is 0 Å². The van der Waals surface area contributed by atoms with Gasteiger partial charge in [-0.2, -0.15) is 0 Å². The first kappa shape index (κ1) is 22.6. The summed E-state index contributed by atoms with van der Waals surface area (Å²) in [5.41, 5.74) is 2.23. The van der Waals surface area contributed by atoms with E-state index in [0.29, 0.717) is 23.5 Å². The lowest BCUT2D eigenvalue weighted by Gasteiger charge is -2.22. The summed E-state index contributed by atoms with van der Waals surface area (Å²) in [6.07, 6.45) is 2.50. The van der Waals surface area contributed by atoms with Crippen LogP contribution < -0.4 is 9.64 Å². The van der Waals surface area contributed by atoms with Crippen LogP contribution in [-0.2, 0) is 9.53 Å². The largest absolute Gasteiger partial charge is 0.479 e. The van der Waals surface area contributed by atoms with Gasteiger partial charge in [-0.25, -0.2) is 14.5 Å². The second-order valence-corrected chi connectivity index (χ2v) is 6.91. The van der Waals surface area contributed by atoms with E-state index < -0.39 is 18.2 Å². The van der Waals surface area contributed by atoms with Crippen LogP contribution in [0.3, 0.4) is 0 Å². The van der Waals surface area contributed by atoms with Gasteiger partial charge in [0, 0.05) is 0 Å². The molecule has 0 aliphatic rings. The molecule has 0 saturated carbocycles. The third kappa shape index (κ3) is 6.22. The number of carboxylic acid groups (broad SMARTS) is 1. The summed E-state index contributed by atoms with van der Waals surface area (Å²) in [7, 11) is 0. The first-order valence-corrected chi connectivity index (χ1v) is 10.3. The average Bonchev–Trinajstić information content (AvgIpc) is 2.82. The molecule has 32 heavy (non-hydrogen) atoms. The maximum Gasteiger partial charge on any atom is 0.419 e. The van der Waals surface area contributed by atoms with Crippen LogP contribution in [0.2, 0.25) is 0 Å². The molecular formula is C26H25NO5. The first-order chi connectivity index (χ1) is 15.6. The molecule has 0 fully saturated rings. The molecule has 3 aromatic carbocycles. The number of rotatable bonds is 9.